The summed E-state index contributed by atoms with van der Waals surface area (Å²) in [6, 6.07) is 0.421. The molecule has 0 spiro atoms. The lowest BCUT2D eigenvalue weighted by Crippen LogP contribution is -2.67. The number of β-lactam (4-membered cyclic amide) rings is 1. The van der Waals surface area contributed by atoms with E-state index in [1.54, 1.807) is 0 Å². The van der Waals surface area contributed by atoms with Gasteiger partial charge in [-0.1, -0.05) is 20.8 Å². The molecule has 0 bridgehead atoms. The Labute approximate surface area is 90.2 Å². The maximum Gasteiger partial charge on any atom is 0.226 e. The van der Waals surface area contributed by atoms with Gasteiger partial charge in [-0.25, -0.2) is 0 Å². The molecule has 80 valence electrons. The van der Waals surface area contributed by atoms with Gasteiger partial charge in [-0.2, -0.15) is 11.8 Å². The highest BCUT2D eigenvalue weighted by atomic mass is 32.2. The zero-order chi connectivity index (χ0) is 10.6. The monoisotopic (exact) mass is 213 g/mol. The molecule has 2 rings (SSSR count). The first-order chi connectivity index (χ1) is 6.41. The summed E-state index contributed by atoms with van der Waals surface area (Å²) >= 11 is 1.93. The van der Waals surface area contributed by atoms with Gasteiger partial charge in [0, 0.05) is 4.75 Å². The third kappa shape index (κ3) is 1.37. The van der Waals surface area contributed by atoms with Gasteiger partial charge in [0.15, 0.2) is 0 Å². The van der Waals surface area contributed by atoms with Crippen LogP contribution >= 0.6 is 11.8 Å². The van der Waals surface area contributed by atoms with E-state index >= 15 is 0 Å². The van der Waals surface area contributed by atoms with Crippen LogP contribution in [0.25, 0.3) is 0 Å². The average molecular weight is 213 g/mol. The van der Waals surface area contributed by atoms with E-state index in [2.05, 4.69) is 32.3 Å². The summed E-state index contributed by atoms with van der Waals surface area (Å²) in [6.07, 6.45) is 4.70. The first kappa shape index (κ1) is 10.3. The Morgan fingerprint density at radius 3 is 2.29 bits per heavy atom. The van der Waals surface area contributed by atoms with E-state index in [1.807, 2.05) is 11.8 Å². The minimum atomic E-state index is 0.109. The summed E-state index contributed by atoms with van der Waals surface area (Å²) in [5.74, 6) is 0.472. The lowest BCUT2D eigenvalue weighted by molar-refractivity contribution is -0.141. The van der Waals surface area contributed by atoms with Crippen LogP contribution in [0.3, 0.4) is 0 Å². The van der Waals surface area contributed by atoms with Crippen LogP contribution in [0.2, 0.25) is 0 Å². The Kier molecular flexibility index (Phi) is 2.15. The quantitative estimate of drug-likeness (QED) is 0.711. The first-order valence-corrected chi connectivity index (χ1v) is 6.49. The molecule has 3 heteroatoms. The van der Waals surface area contributed by atoms with Gasteiger partial charge in [-0.15, -0.1) is 0 Å². The molecule has 2 atom stereocenters. The van der Waals surface area contributed by atoms with E-state index in [9.17, 15) is 4.79 Å². The Bertz CT molecular complexity index is 265. The van der Waals surface area contributed by atoms with Crippen LogP contribution in [0.5, 0.6) is 0 Å². The summed E-state index contributed by atoms with van der Waals surface area (Å²) in [5.41, 5.74) is 0.109. The molecular weight excluding hydrogens is 194 g/mol. The van der Waals surface area contributed by atoms with Crippen molar-refractivity contribution in [2.24, 2.45) is 11.3 Å². The first-order valence-electron chi connectivity index (χ1n) is 5.26. The van der Waals surface area contributed by atoms with E-state index < -0.39 is 0 Å². The van der Waals surface area contributed by atoms with Crippen molar-refractivity contribution in [2.45, 2.75) is 44.4 Å². The topological polar surface area (TPSA) is 29.1 Å². The van der Waals surface area contributed by atoms with Gasteiger partial charge in [0.25, 0.3) is 0 Å². The van der Waals surface area contributed by atoms with Gasteiger partial charge in [0.05, 0.1) is 12.0 Å². The summed E-state index contributed by atoms with van der Waals surface area (Å²) in [6.45, 7) is 6.50. The van der Waals surface area contributed by atoms with Crippen molar-refractivity contribution in [2.75, 3.05) is 6.26 Å². The van der Waals surface area contributed by atoms with Crippen LogP contribution in [0.15, 0.2) is 0 Å². The Hall–Kier alpha value is -0.180. The number of carbonyl (C=O) groups excluding carboxylic acids is 1. The third-order valence-electron chi connectivity index (χ3n) is 3.56. The average Bonchev–Trinajstić information content (AvgIpc) is 2.77. The van der Waals surface area contributed by atoms with E-state index in [1.165, 1.54) is 12.8 Å². The molecule has 2 unspecified atom stereocenters. The van der Waals surface area contributed by atoms with Crippen molar-refractivity contribution in [3.05, 3.63) is 0 Å². The normalized spacial score (nSPS) is 34.7. The number of rotatable bonds is 2. The van der Waals surface area contributed by atoms with Gasteiger partial charge in [-0.3, -0.25) is 4.79 Å². The summed E-state index contributed by atoms with van der Waals surface area (Å²) < 4.78 is 0.381. The number of carbonyl (C=O) groups is 1. The van der Waals surface area contributed by atoms with E-state index in [-0.39, 0.29) is 17.2 Å². The Morgan fingerprint density at radius 2 is 2.00 bits per heavy atom. The molecule has 2 nitrogen and oxygen atoms in total. The van der Waals surface area contributed by atoms with Gasteiger partial charge in [-0.05, 0) is 24.5 Å². The van der Waals surface area contributed by atoms with Crippen molar-refractivity contribution in [3.8, 4) is 0 Å². The SMILES string of the molecule is CSC1(C2NC(=O)C2C(C)(C)C)CC1. The lowest BCUT2D eigenvalue weighted by Gasteiger charge is -2.48. The second-order valence-corrected chi connectivity index (χ2v) is 6.82. The van der Waals surface area contributed by atoms with E-state index in [0.29, 0.717) is 10.8 Å². The zero-order valence-electron chi connectivity index (χ0n) is 9.39. The third-order valence-corrected chi connectivity index (χ3v) is 5.04. The summed E-state index contributed by atoms with van der Waals surface area (Å²) in [4.78, 5) is 11.6. The lowest BCUT2D eigenvalue weighted by atomic mass is 9.69. The number of amides is 1. The predicted molar refractivity (Wildman–Crippen MR) is 60.4 cm³/mol. The van der Waals surface area contributed by atoms with Gasteiger partial charge >= 0.3 is 0 Å². The van der Waals surface area contributed by atoms with Crippen molar-refractivity contribution < 1.29 is 4.79 Å². The number of thioether (sulfide) groups is 1. The number of nitrogens with one attached hydrogen (secondary N) is 1. The largest absolute Gasteiger partial charge is 0.351 e. The van der Waals surface area contributed by atoms with Gasteiger partial charge in [0.2, 0.25) is 5.91 Å². The molecule has 14 heavy (non-hydrogen) atoms. The molecule has 2 fully saturated rings. The molecule has 2 aliphatic rings. The highest BCUT2D eigenvalue weighted by molar-refractivity contribution is 8.00. The molecule has 1 heterocycles. The molecule has 1 aliphatic carbocycles. The maximum atomic E-state index is 11.6. The van der Waals surface area contributed by atoms with Crippen LogP contribution in [0.4, 0.5) is 0 Å². The fourth-order valence-corrected chi connectivity index (χ4v) is 3.43. The zero-order valence-corrected chi connectivity index (χ0v) is 10.2. The van der Waals surface area contributed by atoms with Crippen molar-refractivity contribution >= 4 is 17.7 Å². The number of hydrogen-bond acceptors (Lipinski definition) is 2. The highest BCUT2D eigenvalue weighted by Gasteiger charge is 2.61. The van der Waals surface area contributed by atoms with Crippen LogP contribution in [-0.2, 0) is 4.79 Å². The number of hydrogen-bond donors (Lipinski definition) is 1. The highest BCUT2D eigenvalue weighted by Crippen LogP contribution is 2.56. The summed E-state index contributed by atoms with van der Waals surface area (Å²) in [5, 5.41) is 3.09. The predicted octanol–water partition coefficient (Wildman–Crippen LogP) is 2.04. The molecule has 0 aromatic heterocycles. The fraction of sp³-hybridized carbons (Fsp3) is 0.909. The fourth-order valence-electron chi connectivity index (χ4n) is 2.48. The van der Waals surface area contributed by atoms with Gasteiger partial charge in [0.1, 0.15) is 0 Å². The molecule has 1 N–H and O–H groups in total. The molecule has 0 aromatic rings. The van der Waals surface area contributed by atoms with E-state index in [0.717, 1.165) is 0 Å². The van der Waals surface area contributed by atoms with Crippen LogP contribution in [-0.4, -0.2) is 23.0 Å². The molecule has 1 amide bonds. The molecule has 0 aromatic carbocycles. The summed E-state index contributed by atoms with van der Waals surface area (Å²) in [7, 11) is 0. The van der Waals surface area contributed by atoms with Gasteiger partial charge < -0.3 is 5.32 Å². The van der Waals surface area contributed by atoms with Crippen molar-refractivity contribution in [1.82, 2.24) is 5.32 Å². The molecule has 0 radical (unpaired) electrons. The molecule has 1 saturated carbocycles. The Morgan fingerprint density at radius 1 is 1.43 bits per heavy atom. The maximum absolute atomic E-state index is 11.6. The molecule has 1 saturated heterocycles. The minimum Gasteiger partial charge on any atom is -0.351 e. The van der Waals surface area contributed by atoms with Crippen molar-refractivity contribution in [1.29, 1.82) is 0 Å². The minimum absolute atomic E-state index is 0.109. The molecular formula is C11H19NOS. The Balaban J connectivity index is 2.13. The standard InChI is InChI=1S/C11H19NOS/c1-10(2,3)7-8(12-9(7)13)11(14-4)5-6-11/h7-8H,5-6H2,1-4H3,(H,12,13). The van der Waals surface area contributed by atoms with Crippen LogP contribution in [0.1, 0.15) is 33.6 Å². The second kappa shape index (κ2) is 2.91. The van der Waals surface area contributed by atoms with E-state index in [4.69, 9.17) is 0 Å². The smallest absolute Gasteiger partial charge is 0.226 e. The molecule has 1 aliphatic heterocycles. The van der Waals surface area contributed by atoms with Crippen molar-refractivity contribution in [3.63, 3.8) is 0 Å². The van der Waals surface area contributed by atoms with Crippen LogP contribution in [0, 0.1) is 11.3 Å². The van der Waals surface area contributed by atoms with Crippen LogP contribution < -0.4 is 5.32 Å². The second-order valence-electron chi connectivity index (χ2n) is 5.60.